The lowest BCUT2D eigenvalue weighted by Gasteiger charge is -2.18. The highest BCUT2D eigenvalue weighted by molar-refractivity contribution is 5.71. The Labute approximate surface area is 409 Å². The van der Waals surface area contributed by atoms with Gasteiger partial charge >= 0.3 is 17.9 Å². The van der Waals surface area contributed by atoms with Crippen LogP contribution in [0.2, 0.25) is 0 Å². The number of hydrogen-bond acceptors (Lipinski definition) is 6. The van der Waals surface area contributed by atoms with E-state index in [0.717, 1.165) is 96.3 Å². The van der Waals surface area contributed by atoms with Crippen molar-refractivity contribution in [1.82, 2.24) is 0 Å². The first-order valence-electron chi connectivity index (χ1n) is 28.3. The highest BCUT2D eigenvalue weighted by Crippen LogP contribution is 2.16. The average Bonchev–Trinajstić information content (AvgIpc) is 3.31. The van der Waals surface area contributed by atoms with E-state index >= 15 is 0 Å². The minimum absolute atomic E-state index is 0.0808. The van der Waals surface area contributed by atoms with Gasteiger partial charge in [0, 0.05) is 19.3 Å². The largest absolute Gasteiger partial charge is 0.462 e. The molecule has 0 aliphatic carbocycles. The second kappa shape index (κ2) is 54.7. The second-order valence-corrected chi connectivity index (χ2v) is 18.8. The lowest BCUT2D eigenvalue weighted by molar-refractivity contribution is -0.167. The number of hydrogen-bond donors (Lipinski definition) is 0. The van der Waals surface area contributed by atoms with Crippen LogP contribution in [-0.2, 0) is 28.6 Å². The molecule has 66 heavy (non-hydrogen) atoms. The predicted molar refractivity (Wildman–Crippen MR) is 284 cm³/mol. The van der Waals surface area contributed by atoms with Crippen molar-refractivity contribution in [1.29, 1.82) is 0 Å². The topological polar surface area (TPSA) is 78.9 Å². The van der Waals surface area contributed by atoms with E-state index in [1.807, 2.05) is 0 Å². The Morgan fingerprint density at radius 1 is 0.318 bits per heavy atom. The summed E-state index contributed by atoms with van der Waals surface area (Å²) in [6.45, 7) is 6.52. The maximum Gasteiger partial charge on any atom is 0.306 e. The van der Waals surface area contributed by atoms with Crippen molar-refractivity contribution in [3.05, 3.63) is 60.8 Å². The fraction of sp³-hybridized carbons (Fsp3) is 0.783. The molecule has 0 saturated carbocycles. The van der Waals surface area contributed by atoms with Crippen LogP contribution in [0.25, 0.3) is 0 Å². The fourth-order valence-electron chi connectivity index (χ4n) is 8.02. The molecule has 382 valence electrons. The molecule has 0 saturated heterocycles. The molecule has 0 N–H and O–H groups in total. The number of unbranched alkanes of at least 4 members (excludes halogenated alkanes) is 30. The summed E-state index contributed by atoms with van der Waals surface area (Å²) in [6.07, 6.45) is 67.7. The Kier molecular flexibility index (Phi) is 52.3. The van der Waals surface area contributed by atoms with Crippen LogP contribution < -0.4 is 0 Å². The lowest BCUT2D eigenvalue weighted by Crippen LogP contribution is -2.30. The number of ether oxygens (including phenoxy) is 3. The number of carbonyl (C=O) groups is 3. The van der Waals surface area contributed by atoms with E-state index in [4.69, 9.17) is 14.2 Å². The van der Waals surface area contributed by atoms with Gasteiger partial charge in [0.25, 0.3) is 0 Å². The van der Waals surface area contributed by atoms with Gasteiger partial charge in [-0.05, 0) is 83.5 Å². The van der Waals surface area contributed by atoms with E-state index in [1.54, 1.807) is 0 Å². The van der Waals surface area contributed by atoms with Crippen molar-refractivity contribution >= 4 is 17.9 Å². The van der Waals surface area contributed by atoms with Crippen LogP contribution in [0.15, 0.2) is 60.8 Å². The molecule has 0 amide bonds. The van der Waals surface area contributed by atoms with Crippen molar-refractivity contribution in [2.45, 2.75) is 290 Å². The van der Waals surface area contributed by atoms with Gasteiger partial charge in [0.15, 0.2) is 6.10 Å². The maximum atomic E-state index is 12.8. The molecule has 0 aliphatic heterocycles. The molecule has 6 heteroatoms. The molecule has 0 rings (SSSR count). The van der Waals surface area contributed by atoms with Crippen molar-refractivity contribution in [2.24, 2.45) is 0 Å². The molecule has 0 aromatic rings. The summed E-state index contributed by atoms with van der Waals surface area (Å²) < 4.78 is 16.8. The molecular weight excluding hydrogens is 817 g/mol. The summed E-state index contributed by atoms with van der Waals surface area (Å²) in [5, 5.41) is 0. The molecule has 0 heterocycles. The minimum atomic E-state index is -0.781. The van der Waals surface area contributed by atoms with Gasteiger partial charge in [-0.25, -0.2) is 0 Å². The smallest absolute Gasteiger partial charge is 0.306 e. The molecular formula is C60H106O6. The van der Waals surface area contributed by atoms with Crippen LogP contribution in [0.4, 0.5) is 0 Å². The first-order valence-corrected chi connectivity index (χ1v) is 28.3. The average molecular weight is 924 g/mol. The number of rotatable bonds is 51. The Morgan fingerprint density at radius 3 is 0.955 bits per heavy atom. The number of allylic oxidation sites excluding steroid dienone is 10. The highest BCUT2D eigenvalue weighted by Gasteiger charge is 2.19. The van der Waals surface area contributed by atoms with Gasteiger partial charge < -0.3 is 14.2 Å². The molecule has 6 nitrogen and oxygen atoms in total. The quantitative estimate of drug-likeness (QED) is 0.0262. The van der Waals surface area contributed by atoms with E-state index in [1.165, 1.54) is 148 Å². The zero-order chi connectivity index (χ0) is 47.9. The zero-order valence-electron chi connectivity index (χ0n) is 43.7. The third-order valence-corrected chi connectivity index (χ3v) is 12.3. The van der Waals surface area contributed by atoms with Crippen LogP contribution in [0.3, 0.4) is 0 Å². The van der Waals surface area contributed by atoms with E-state index in [-0.39, 0.29) is 31.1 Å². The first kappa shape index (κ1) is 63.1. The number of esters is 3. The summed E-state index contributed by atoms with van der Waals surface area (Å²) in [6, 6.07) is 0. The molecule has 1 unspecified atom stereocenters. The SMILES string of the molecule is CC/C=C\C/C=C\C/C=C\C/C=C\CCCCCCCCC(=O)OCC(COC(=O)CCCCCCC/C=C\CCCCCC)OC(=O)CCCCCCCCCCCCCCCCCC. The summed E-state index contributed by atoms with van der Waals surface area (Å²) >= 11 is 0. The van der Waals surface area contributed by atoms with Crippen LogP contribution in [0.5, 0.6) is 0 Å². The molecule has 1 atom stereocenters. The normalized spacial score (nSPS) is 12.5. The van der Waals surface area contributed by atoms with E-state index in [2.05, 4.69) is 81.5 Å². The Hall–Kier alpha value is -2.89. The van der Waals surface area contributed by atoms with Gasteiger partial charge in [-0.2, -0.15) is 0 Å². The number of carbonyl (C=O) groups excluding carboxylic acids is 3. The second-order valence-electron chi connectivity index (χ2n) is 18.8. The summed E-state index contributed by atoms with van der Waals surface area (Å²) in [5.74, 6) is -0.891. The van der Waals surface area contributed by atoms with E-state index in [0.29, 0.717) is 19.3 Å². The van der Waals surface area contributed by atoms with Crippen molar-refractivity contribution in [2.75, 3.05) is 13.2 Å². The summed E-state index contributed by atoms with van der Waals surface area (Å²) in [5.41, 5.74) is 0. The van der Waals surface area contributed by atoms with Crippen LogP contribution in [0, 0.1) is 0 Å². The zero-order valence-corrected chi connectivity index (χ0v) is 43.7. The van der Waals surface area contributed by atoms with Crippen molar-refractivity contribution in [3.8, 4) is 0 Å². The van der Waals surface area contributed by atoms with E-state index in [9.17, 15) is 14.4 Å². The molecule has 0 aliphatic rings. The Bertz CT molecular complexity index is 1200. The summed E-state index contributed by atoms with van der Waals surface area (Å²) in [7, 11) is 0. The molecule has 0 spiro atoms. The molecule has 0 radical (unpaired) electrons. The van der Waals surface area contributed by atoms with E-state index < -0.39 is 6.10 Å². The standard InChI is InChI=1S/C60H106O6/c1-4-7-10-13-16-19-22-25-27-29-30-31-33-35-38-41-44-47-50-53-59(62)65-56-57(55-64-58(61)52-49-46-43-40-37-34-24-21-18-15-12-9-6-3)66-60(63)54-51-48-45-42-39-36-32-28-26-23-20-17-14-11-8-5-2/h7,10,16,19,21,24-25,27,30-31,57H,4-6,8-9,11-15,17-18,20,22-23,26,28-29,32-56H2,1-3H3/b10-7-,19-16-,24-21-,27-25-,31-30-. The van der Waals surface area contributed by atoms with Crippen molar-refractivity contribution in [3.63, 3.8) is 0 Å². The van der Waals surface area contributed by atoms with Crippen LogP contribution in [0.1, 0.15) is 284 Å². The summed E-state index contributed by atoms with van der Waals surface area (Å²) in [4.78, 5) is 38.1. The van der Waals surface area contributed by atoms with Crippen molar-refractivity contribution < 1.29 is 28.6 Å². The third kappa shape index (κ3) is 52.1. The van der Waals surface area contributed by atoms with Crippen LogP contribution >= 0.6 is 0 Å². The van der Waals surface area contributed by atoms with Gasteiger partial charge in [-0.1, -0.05) is 242 Å². The van der Waals surface area contributed by atoms with Crippen LogP contribution in [-0.4, -0.2) is 37.2 Å². The van der Waals surface area contributed by atoms with Gasteiger partial charge in [0.1, 0.15) is 13.2 Å². The van der Waals surface area contributed by atoms with Gasteiger partial charge in [-0.3, -0.25) is 14.4 Å². The lowest BCUT2D eigenvalue weighted by atomic mass is 10.0. The Morgan fingerprint density at radius 2 is 0.591 bits per heavy atom. The molecule has 0 fully saturated rings. The first-order chi connectivity index (χ1) is 32.5. The maximum absolute atomic E-state index is 12.8. The molecule has 0 aromatic heterocycles. The Balaban J connectivity index is 4.38. The highest BCUT2D eigenvalue weighted by atomic mass is 16.6. The minimum Gasteiger partial charge on any atom is -0.462 e. The predicted octanol–water partition coefficient (Wildman–Crippen LogP) is 18.8. The molecule has 0 aromatic carbocycles. The molecule has 0 bridgehead atoms. The van der Waals surface area contributed by atoms with Gasteiger partial charge in [0.2, 0.25) is 0 Å². The third-order valence-electron chi connectivity index (χ3n) is 12.3. The van der Waals surface area contributed by atoms with Gasteiger partial charge in [-0.15, -0.1) is 0 Å². The van der Waals surface area contributed by atoms with Gasteiger partial charge in [0.05, 0.1) is 0 Å². The fourth-order valence-corrected chi connectivity index (χ4v) is 8.02. The monoisotopic (exact) mass is 923 g/mol.